The molecule has 3 heterocycles. The smallest absolute Gasteiger partial charge is 0.352 e. The minimum atomic E-state index is -1.20. The summed E-state index contributed by atoms with van der Waals surface area (Å²) >= 11 is 1.20. The van der Waals surface area contributed by atoms with E-state index < -0.39 is 24.2 Å². The standard InChI is InChI=1S/C12H15N5O6S.Na/c1-22-8-9(19)17-7(11(20)21)6(4-23-10(8)17)5-24-12-13-14-15-16(12)2-3-18;/h8,10,18H,2-5H2,1H3,(H,20,21);. The summed E-state index contributed by atoms with van der Waals surface area (Å²) in [6.45, 7) is 0.191. The Morgan fingerprint density at radius 3 is 2.92 bits per heavy atom. The summed E-state index contributed by atoms with van der Waals surface area (Å²) in [6, 6.07) is 0. The zero-order chi connectivity index (χ0) is 17.3. The van der Waals surface area contributed by atoms with Gasteiger partial charge in [-0.1, -0.05) is 11.8 Å². The van der Waals surface area contributed by atoms with E-state index in [1.807, 2.05) is 0 Å². The Kier molecular flexibility index (Phi) is 6.96. The van der Waals surface area contributed by atoms with Crippen LogP contribution in [0.15, 0.2) is 16.4 Å². The Morgan fingerprint density at radius 2 is 2.28 bits per heavy atom. The van der Waals surface area contributed by atoms with E-state index in [1.165, 1.54) is 23.6 Å². The first kappa shape index (κ1) is 20.3. The molecule has 25 heavy (non-hydrogen) atoms. The van der Waals surface area contributed by atoms with Gasteiger partial charge in [0.15, 0.2) is 12.3 Å². The van der Waals surface area contributed by atoms with Crippen LogP contribution in [0.25, 0.3) is 0 Å². The number of hydrogen-bond acceptors (Lipinski definition) is 9. The number of methoxy groups -OCH3 is 1. The van der Waals surface area contributed by atoms with Crippen LogP contribution in [0.4, 0.5) is 0 Å². The number of carbonyl (C=O) groups excluding carboxylic acids is 1. The molecule has 2 unspecified atom stereocenters. The Balaban J connectivity index is 0.00000225. The van der Waals surface area contributed by atoms with Crippen LogP contribution >= 0.6 is 11.8 Å². The number of aliphatic hydroxyl groups excluding tert-OH is 1. The number of hydrogen-bond donors (Lipinski definition) is 2. The Morgan fingerprint density at radius 1 is 1.52 bits per heavy atom. The molecule has 3 rings (SSSR count). The third kappa shape index (κ3) is 3.74. The summed E-state index contributed by atoms with van der Waals surface area (Å²) in [6.07, 6.45) is -1.48. The molecule has 1 amide bonds. The van der Waals surface area contributed by atoms with Crippen molar-refractivity contribution < 1.29 is 29.3 Å². The van der Waals surface area contributed by atoms with Gasteiger partial charge >= 0.3 is 5.97 Å². The molecule has 0 bridgehead atoms. The van der Waals surface area contributed by atoms with E-state index in [4.69, 9.17) is 14.6 Å². The number of amides is 1. The van der Waals surface area contributed by atoms with Crippen molar-refractivity contribution in [3.05, 3.63) is 11.3 Å². The van der Waals surface area contributed by atoms with E-state index in [0.29, 0.717) is 10.7 Å². The fraction of sp³-hybridized carbons (Fsp3) is 0.583. The van der Waals surface area contributed by atoms with Crippen molar-refractivity contribution in [2.45, 2.75) is 24.0 Å². The number of aliphatic hydroxyl groups is 1. The molecule has 1 aromatic rings. The van der Waals surface area contributed by atoms with Crippen molar-refractivity contribution in [3.8, 4) is 0 Å². The summed E-state index contributed by atoms with van der Waals surface area (Å²) in [5.74, 6) is -1.40. The monoisotopic (exact) mass is 380 g/mol. The first-order chi connectivity index (χ1) is 11.6. The maximum atomic E-state index is 12.0. The molecule has 1 fully saturated rings. The van der Waals surface area contributed by atoms with Crippen molar-refractivity contribution >= 4 is 53.2 Å². The minimum Gasteiger partial charge on any atom is -0.477 e. The molecule has 2 aliphatic heterocycles. The van der Waals surface area contributed by atoms with Crippen LogP contribution in [0, 0.1) is 0 Å². The maximum Gasteiger partial charge on any atom is 0.352 e. The molecule has 2 aliphatic rings. The van der Waals surface area contributed by atoms with E-state index in [0.717, 1.165) is 4.90 Å². The molecular formula is C12H15N5NaO6S. The van der Waals surface area contributed by atoms with Gasteiger partial charge in [-0.15, -0.1) is 5.10 Å². The number of carbonyl (C=O) groups is 2. The molecule has 0 aliphatic carbocycles. The number of carboxylic acid groups (broad SMARTS) is 1. The van der Waals surface area contributed by atoms with Gasteiger partial charge in [0, 0.05) is 42.4 Å². The molecule has 2 atom stereocenters. The number of thioether (sulfide) groups is 1. The van der Waals surface area contributed by atoms with E-state index >= 15 is 0 Å². The van der Waals surface area contributed by atoms with Crippen LogP contribution in [0.1, 0.15) is 0 Å². The predicted octanol–water partition coefficient (Wildman–Crippen LogP) is -2.07. The minimum absolute atomic E-state index is 0. The number of aliphatic carboxylic acids is 1. The predicted molar refractivity (Wildman–Crippen MR) is 83.4 cm³/mol. The Labute approximate surface area is 168 Å². The SMILES string of the molecule is COC1C(=O)N2C(C(=O)O)=C(CSc3nnnn3CCO)COC12.[Na]. The third-order valence-corrected chi connectivity index (χ3v) is 4.68. The fourth-order valence-electron chi connectivity index (χ4n) is 2.53. The molecule has 131 valence electrons. The summed E-state index contributed by atoms with van der Waals surface area (Å²) < 4.78 is 12.0. The maximum absolute atomic E-state index is 12.0. The number of rotatable bonds is 7. The zero-order valence-electron chi connectivity index (χ0n) is 13.7. The van der Waals surface area contributed by atoms with Crippen molar-refractivity contribution in [3.63, 3.8) is 0 Å². The number of carboxylic acids is 1. The fourth-order valence-corrected chi connectivity index (χ4v) is 3.42. The van der Waals surface area contributed by atoms with Crippen LogP contribution in [-0.4, -0.2) is 115 Å². The van der Waals surface area contributed by atoms with Gasteiger partial charge in [-0.3, -0.25) is 9.69 Å². The number of fused-ring (bicyclic) bond motifs is 1. The van der Waals surface area contributed by atoms with Crippen LogP contribution < -0.4 is 0 Å². The number of nitrogens with zero attached hydrogens (tertiary/aromatic N) is 5. The van der Waals surface area contributed by atoms with Crippen LogP contribution in [0.3, 0.4) is 0 Å². The summed E-state index contributed by atoms with van der Waals surface area (Å²) in [7, 11) is 1.37. The van der Waals surface area contributed by atoms with Gasteiger partial charge in [0.05, 0.1) is 19.8 Å². The summed E-state index contributed by atoms with van der Waals surface area (Å²) in [5, 5.41) is 29.9. The molecule has 1 aromatic heterocycles. The van der Waals surface area contributed by atoms with Gasteiger partial charge in [-0.05, 0) is 16.0 Å². The van der Waals surface area contributed by atoms with E-state index in [2.05, 4.69) is 15.5 Å². The third-order valence-electron chi connectivity index (χ3n) is 3.64. The summed E-state index contributed by atoms with van der Waals surface area (Å²) in [5.41, 5.74) is 0.364. The van der Waals surface area contributed by atoms with Crippen molar-refractivity contribution in [2.24, 2.45) is 0 Å². The second-order valence-corrected chi connectivity index (χ2v) is 5.96. The molecule has 0 aromatic carbocycles. The average Bonchev–Trinajstić information content (AvgIpc) is 3.00. The van der Waals surface area contributed by atoms with Crippen molar-refractivity contribution in [1.82, 2.24) is 25.1 Å². The first-order valence-electron chi connectivity index (χ1n) is 7.01. The van der Waals surface area contributed by atoms with Gasteiger partial charge in [0.2, 0.25) is 5.16 Å². The number of ether oxygens (including phenoxy) is 2. The molecule has 13 heteroatoms. The van der Waals surface area contributed by atoms with Crippen molar-refractivity contribution in [1.29, 1.82) is 0 Å². The molecular weight excluding hydrogens is 365 g/mol. The van der Waals surface area contributed by atoms with Crippen molar-refractivity contribution in [2.75, 3.05) is 26.1 Å². The van der Waals surface area contributed by atoms with Gasteiger partial charge in [-0.2, -0.15) is 0 Å². The first-order valence-corrected chi connectivity index (χ1v) is 7.99. The average molecular weight is 380 g/mol. The second-order valence-electron chi connectivity index (χ2n) is 5.02. The van der Waals surface area contributed by atoms with Crippen LogP contribution in [-0.2, 0) is 25.6 Å². The molecule has 1 radical (unpaired) electrons. The topological polar surface area (TPSA) is 140 Å². The normalized spacial score (nSPS) is 22.3. The van der Waals surface area contributed by atoms with Crippen LogP contribution in [0.2, 0.25) is 0 Å². The van der Waals surface area contributed by atoms with Crippen LogP contribution in [0.5, 0.6) is 0 Å². The summed E-state index contributed by atoms with van der Waals surface area (Å²) in [4.78, 5) is 24.7. The molecule has 2 N–H and O–H groups in total. The largest absolute Gasteiger partial charge is 0.477 e. The Hall–Kier alpha value is -1.02. The van der Waals surface area contributed by atoms with Gasteiger partial charge in [-0.25, -0.2) is 9.48 Å². The molecule has 0 spiro atoms. The van der Waals surface area contributed by atoms with E-state index in [9.17, 15) is 14.7 Å². The van der Waals surface area contributed by atoms with Gasteiger partial charge in [0.1, 0.15) is 5.70 Å². The quantitative estimate of drug-likeness (QED) is 0.308. The van der Waals surface area contributed by atoms with Gasteiger partial charge < -0.3 is 19.7 Å². The molecule has 11 nitrogen and oxygen atoms in total. The Bertz CT molecular complexity index is 697. The van der Waals surface area contributed by atoms with E-state index in [1.54, 1.807) is 0 Å². The van der Waals surface area contributed by atoms with E-state index in [-0.39, 0.29) is 60.8 Å². The van der Waals surface area contributed by atoms with Gasteiger partial charge in [0.25, 0.3) is 5.91 Å². The molecule has 1 saturated heterocycles. The number of aromatic nitrogens is 4. The molecule has 0 saturated carbocycles. The zero-order valence-corrected chi connectivity index (χ0v) is 16.5. The number of tetrazole rings is 1. The number of β-lactam (4-membered cyclic amide) rings is 1. The second kappa shape index (κ2) is 8.58.